The first-order valence-corrected chi connectivity index (χ1v) is 7.91. The summed E-state index contributed by atoms with van der Waals surface area (Å²) in [6.45, 7) is 4.09. The Morgan fingerprint density at radius 1 is 1.12 bits per heavy atom. The molecule has 1 unspecified atom stereocenters. The van der Waals surface area contributed by atoms with Crippen LogP contribution in [0, 0.1) is 17.0 Å². The molecule has 0 radical (unpaired) electrons. The summed E-state index contributed by atoms with van der Waals surface area (Å²) in [6.07, 6.45) is 0.647. The summed E-state index contributed by atoms with van der Waals surface area (Å²) in [4.78, 5) is 12.3. The number of carbonyl (C=O) groups excluding carboxylic acids is 1. The number of nitrogens with one attached hydrogen (secondary N) is 1. The SMILES string of the molecule is CC1(C)CC1(CNC(=O)c1cc(O)cc(O)c1)c1ccc(F)cc1F. The summed E-state index contributed by atoms with van der Waals surface area (Å²) in [5.41, 5.74) is -0.400. The van der Waals surface area contributed by atoms with Crippen LogP contribution in [0.3, 0.4) is 0 Å². The molecule has 0 heterocycles. The number of rotatable bonds is 4. The van der Waals surface area contributed by atoms with Gasteiger partial charge in [0.2, 0.25) is 0 Å². The molecule has 2 aromatic carbocycles. The number of aromatic hydroxyl groups is 2. The van der Waals surface area contributed by atoms with Crippen LogP contribution in [0.5, 0.6) is 11.5 Å². The van der Waals surface area contributed by atoms with E-state index in [4.69, 9.17) is 0 Å². The standard InChI is InChI=1S/C19H19F2NO3/c1-18(2)9-19(18,15-4-3-12(20)7-16(15)21)10-22-17(25)11-5-13(23)8-14(24)6-11/h3-8,23-24H,9-10H2,1-2H3,(H,22,25). The van der Waals surface area contributed by atoms with Crippen molar-refractivity contribution in [2.24, 2.45) is 5.41 Å². The molecule has 2 aromatic rings. The predicted molar refractivity (Wildman–Crippen MR) is 88.5 cm³/mol. The molecule has 0 aliphatic heterocycles. The molecule has 3 N–H and O–H groups in total. The van der Waals surface area contributed by atoms with Crippen LogP contribution in [0.4, 0.5) is 8.78 Å². The molecule has 25 heavy (non-hydrogen) atoms. The number of hydrogen-bond donors (Lipinski definition) is 3. The normalized spacial score (nSPS) is 21.0. The van der Waals surface area contributed by atoms with Crippen LogP contribution in [-0.2, 0) is 5.41 Å². The third kappa shape index (κ3) is 3.04. The zero-order valence-corrected chi connectivity index (χ0v) is 13.9. The molecule has 0 saturated heterocycles. The number of carbonyl (C=O) groups is 1. The first-order chi connectivity index (χ1) is 11.6. The summed E-state index contributed by atoms with van der Waals surface area (Å²) in [5, 5.41) is 21.7. The maximum atomic E-state index is 14.3. The number of phenolic OH excluding ortho intramolecular Hbond substituents is 2. The summed E-state index contributed by atoms with van der Waals surface area (Å²) in [5.74, 6) is -2.22. The fourth-order valence-electron chi connectivity index (χ4n) is 3.50. The molecule has 1 atom stereocenters. The Bertz CT molecular complexity index is 830. The Morgan fingerprint density at radius 2 is 1.72 bits per heavy atom. The monoisotopic (exact) mass is 347 g/mol. The van der Waals surface area contributed by atoms with Gasteiger partial charge in [-0.3, -0.25) is 4.79 Å². The highest BCUT2D eigenvalue weighted by Crippen LogP contribution is 2.64. The zero-order chi connectivity index (χ0) is 18.4. The van der Waals surface area contributed by atoms with Gasteiger partial charge in [-0.05, 0) is 35.6 Å². The fourth-order valence-corrected chi connectivity index (χ4v) is 3.50. The number of amides is 1. The third-order valence-electron chi connectivity index (χ3n) is 5.08. The van der Waals surface area contributed by atoms with Crippen molar-refractivity contribution in [3.05, 3.63) is 59.2 Å². The molecule has 0 bridgehead atoms. The van der Waals surface area contributed by atoms with Crippen molar-refractivity contribution >= 4 is 5.91 Å². The molecule has 0 spiro atoms. The highest BCUT2D eigenvalue weighted by molar-refractivity contribution is 5.95. The molecule has 132 valence electrons. The van der Waals surface area contributed by atoms with Crippen LogP contribution >= 0.6 is 0 Å². The lowest BCUT2D eigenvalue weighted by atomic mass is 9.87. The van der Waals surface area contributed by atoms with Gasteiger partial charge in [-0.25, -0.2) is 8.78 Å². The number of benzene rings is 2. The molecule has 1 amide bonds. The van der Waals surface area contributed by atoms with Gasteiger partial charge in [0, 0.05) is 29.7 Å². The van der Waals surface area contributed by atoms with Gasteiger partial charge in [-0.2, -0.15) is 0 Å². The largest absolute Gasteiger partial charge is 0.508 e. The number of phenols is 2. The Morgan fingerprint density at radius 3 is 2.24 bits per heavy atom. The van der Waals surface area contributed by atoms with E-state index in [0.29, 0.717) is 12.0 Å². The van der Waals surface area contributed by atoms with Crippen molar-refractivity contribution < 1.29 is 23.8 Å². The fraction of sp³-hybridized carbons (Fsp3) is 0.316. The summed E-state index contributed by atoms with van der Waals surface area (Å²) >= 11 is 0. The van der Waals surface area contributed by atoms with E-state index in [2.05, 4.69) is 5.32 Å². The van der Waals surface area contributed by atoms with Crippen molar-refractivity contribution in [1.29, 1.82) is 0 Å². The molecule has 0 aromatic heterocycles. The van der Waals surface area contributed by atoms with Gasteiger partial charge in [0.15, 0.2) is 0 Å². The van der Waals surface area contributed by atoms with Crippen LogP contribution in [0.25, 0.3) is 0 Å². The predicted octanol–water partition coefficient (Wildman–Crippen LogP) is 3.47. The average molecular weight is 347 g/mol. The minimum absolute atomic E-state index is 0.102. The molecular formula is C19H19F2NO3. The molecule has 1 fully saturated rings. The highest BCUT2D eigenvalue weighted by atomic mass is 19.1. The molecule has 1 saturated carbocycles. The molecule has 4 nitrogen and oxygen atoms in total. The Labute approximate surface area is 144 Å². The Balaban J connectivity index is 1.83. The van der Waals surface area contributed by atoms with Crippen LogP contribution in [0.1, 0.15) is 36.2 Å². The maximum absolute atomic E-state index is 14.3. The topological polar surface area (TPSA) is 69.6 Å². The molecule has 1 aliphatic rings. The Kier molecular flexibility index (Phi) is 3.94. The van der Waals surface area contributed by atoms with E-state index in [-0.39, 0.29) is 29.0 Å². The lowest BCUT2D eigenvalue weighted by Gasteiger charge is -2.22. The van der Waals surface area contributed by atoms with Crippen molar-refractivity contribution in [2.75, 3.05) is 6.54 Å². The third-order valence-corrected chi connectivity index (χ3v) is 5.08. The zero-order valence-electron chi connectivity index (χ0n) is 13.9. The average Bonchev–Trinajstić information content (AvgIpc) is 3.06. The van der Waals surface area contributed by atoms with Gasteiger partial charge in [0.25, 0.3) is 5.91 Å². The number of hydrogen-bond acceptors (Lipinski definition) is 3. The molecule has 1 aliphatic carbocycles. The second-order valence-electron chi connectivity index (χ2n) is 7.19. The minimum Gasteiger partial charge on any atom is -0.508 e. The van der Waals surface area contributed by atoms with Gasteiger partial charge in [-0.15, -0.1) is 0 Å². The van der Waals surface area contributed by atoms with E-state index >= 15 is 0 Å². The van der Waals surface area contributed by atoms with E-state index in [1.165, 1.54) is 24.3 Å². The van der Waals surface area contributed by atoms with Crippen molar-refractivity contribution in [3.8, 4) is 11.5 Å². The first-order valence-electron chi connectivity index (χ1n) is 7.91. The van der Waals surface area contributed by atoms with Crippen LogP contribution in [0.15, 0.2) is 36.4 Å². The smallest absolute Gasteiger partial charge is 0.251 e. The lowest BCUT2D eigenvalue weighted by Crippen LogP contribution is -2.35. The maximum Gasteiger partial charge on any atom is 0.251 e. The molecule has 6 heteroatoms. The van der Waals surface area contributed by atoms with Gasteiger partial charge in [0.05, 0.1) is 0 Å². The van der Waals surface area contributed by atoms with Crippen molar-refractivity contribution in [1.82, 2.24) is 5.32 Å². The second kappa shape index (κ2) is 5.72. The van der Waals surface area contributed by atoms with Crippen molar-refractivity contribution in [2.45, 2.75) is 25.7 Å². The minimum atomic E-state index is -0.644. The summed E-state index contributed by atoms with van der Waals surface area (Å²) < 4.78 is 27.5. The molecule has 3 rings (SSSR count). The van der Waals surface area contributed by atoms with E-state index in [0.717, 1.165) is 12.1 Å². The van der Waals surface area contributed by atoms with Gasteiger partial charge in [0.1, 0.15) is 23.1 Å². The molecular weight excluding hydrogens is 328 g/mol. The quantitative estimate of drug-likeness (QED) is 0.793. The van der Waals surface area contributed by atoms with E-state index in [1.807, 2.05) is 13.8 Å². The summed E-state index contributed by atoms with van der Waals surface area (Å²) in [6, 6.07) is 7.07. The highest BCUT2D eigenvalue weighted by Gasteiger charge is 2.62. The van der Waals surface area contributed by atoms with Gasteiger partial charge < -0.3 is 15.5 Å². The van der Waals surface area contributed by atoms with E-state index < -0.39 is 23.0 Å². The Hall–Kier alpha value is -2.63. The van der Waals surface area contributed by atoms with Crippen LogP contribution in [-0.4, -0.2) is 22.7 Å². The first kappa shape index (κ1) is 17.2. The van der Waals surface area contributed by atoms with Crippen molar-refractivity contribution in [3.63, 3.8) is 0 Å². The lowest BCUT2D eigenvalue weighted by molar-refractivity contribution is 0.0946. The second-order valence-corrected chi connectivity index (χ2v) is 7.19. The van der Waals surface area contributed by atoms with Gasteiger partial charge >= 0.3 is 0 Å². The summed E-state index contributed by atoms with van der Waals surface area (Å²) in [7, 11) is 0. The number of halogens is 2. The van der Waals surface area contributed by atoms with Crippen LogP contribution in [0.2, 0.25) is 0 Å². The van der Waals surface area contributed by atoms with Gasteiger partial charge in [-0.1, -0.05) is 19.9 Å². The van der Waals surface area contributed by atoms with E-state index in [9.17, 15) is 23.8 Å². The van der Waals surface area contributed by atoms with Crippen LogP contribution < -0.4 is 5.32 Å². The van der Waals surface area contributed by atoms with E-state index in [1.54, 1.807) is 0 Å².